The number of pyridine rings is 1. The van der Waals surface area contributed by atoms with Gasteiger partial charge in [0.15, 0.2) is 0 Å². The van der Waals surface area contributed by atoms with Gasteiger partial charge in [-0.2, -0.15) is 5.10 Å². The monoisotopic (exact) mass is 313 g/mol. The number of nitrogens with one attached hydrogen (secondary N) is 1. The van der Waals surface area contributed by atoms with Crippen LogP contribution in [0.15, 0.2) is 30.7 Å². The SMILES string of the molecule is Cc1ncccc1CNC[C@@H]1CC(=O)N(C)[C@H]1c1cnn(C)c1. The van der Waals surface area contributed by atoms with Crippen LogP contribution in [0.1, 0.15) is 29.3 Å². The molecule has 1 N–H and O–H groups in total. The first-order valence-electron chi connectivity index (χ1n) is 7.91. The molecule has 1 aliphatic rings. The van der Waals surface area contributed by atoms with Crippen LogP contribution < -0.4 is 5.32 Å². The van der Waals surface area contributed by atoms with Gasteiger partial charge in [-0.3, -0.25) is 14.5 Å². The first kappa shape index (κ1) is 15.7. The Hall–Kier alpha value is -2.21. The summed E-state index contributed by atoms with van der Waals surface area (Å²) in [5, 5.41) is 7.73. The quantitative estimate of drug-likeness (QED) is 0.907. The largest absolute Gasteiger partial charge is 0.338 e. The molecule has 2 aromatic rings. The number of rotatable bonds is 5. The summed E-state index contributed by atoms with van der Waals surface area (Å²) in [5.74, 6) is 0.455. The van der Waals surface area contributed by atoms with Crippen molar-refractivity contribution in [1.29, 1.82) is 0 Å². The molecule has 1 amide bonds. The molecule has 0 bridgehead atoms. The molecule has 3 rings (SSSR count). The summed E-state index contributed by atoms with van der Waals surface area (Å²) in [4.78, 5) is 18.3. The van der Waals surface area contributed by atoms with Crippen molar-refractivity contribution >= 4 is 5.91 Å². The van der Waals surface area contributed by atoms with Crippen LogP contribution in [0.25, 0.3) is 0 Å². The lowest BCUT2D eigenvalue weighted by Gasteiger charge is -2.24. The first-order chi connectivity index (χ1) is 11.1. The number of aryl methyl sites for hydroxylation is 2. The standard InChI is InChI=1S/C17H23N5O/c1-12-13(5-4-6-19-12)8-18-9-14-7-16(23)22(3)17(14)15-10-20-21(2)11-15/h4-6,10-11,14,17-18H,7-9H2,1-3H3/t14-,17+/m0/s1. The molecule has 23 heavy (non-hydrogen) atoms. The van der Waals surface area contributed by atoms with Gasteiger partial charge in [0.1, 0.15) is 0 Å². The van der Waals surface area contributed by atoms with Crippen LogP contribution in [-0.4, -0.2) is 39.2 Å². The third-order valence-electron chi connectivity index (χ3n) is 4.60. The van der Waals surface area contributed by atoms with E-state index in [0.29, 0.717) is 6.42 Å². The molecule has 0 aromatic carbocycles. The molecule has 6 nitrogen and oxygen atoms in total. The van der Waals surface area contributed by atoms with Gasteiger partial charge in [0.2, 0.25) is 5.91 Å². The fraction of sp³-hybridized carbons (Fsp3) is 0.471. The highest BCUT2D eigenvalue weighted by Gasteiger charge is 2.38. The molecule has 0 spiro atoms. The number of likely N-dealkylation sites (tertiary alicyclic amines) is 1. The number of carbonyl (C=O) groups excluding carboxylic acids is 1. The maximum atomic E-state index is 12.1. The summed E-state index contributed by atoms with van der Waals surface area (Å²) < 4.78 is 1.79. The topological polar surface area (TPSA) is 63.1 Å². The van der Waals surface area contributed by atoms with E-state index in [4.69, 9.17) is 0 Å². The van der Waals surface area contributed by atoms with Crippen molar-refractivity contribution < 1.29 is 4.79 Å². The molecule has 0 aliphatic carbocycles. The third kappa shape index (κ3) is 3.27. The average molecular weight is 313 g/mol. The predicted octanol–water partition coefficient (Wildman–Crippen LogP) is 1.43. The molecule has 122 valence electrons. The van der Waals surface area contributed by atoms with E-state index >= 15 is 0 Å². The fourth-order valence-electron chi connectivity index (χ4n) is 3.32. The second-order valence-corrected chi connectivity index (χ2v) is 6.24. The van der Waals surface area contributed by atoms with Gasteiger partial charge in [-0.25, -0.2) is 0 Å². The lowest BCUT2D eigenvalue weighted by Crippen LogP contribution is -2.29. The molecular formula is C17H23N5O. The van der Waals surface area contributed by atoms with E-state index in [-0.39, 0.29) is 17.9 Å². The highest BCUT2D eigenvalue weighted by Crippen LogP contribution is 2.36. The summed E-state index contributed by atoms with van der Waals surface area (Å²) in [6, 6.07) is 4.13. The molecule has 1 fully saturated rings. The van der Waals surface area contributed by atoms with E-state index < -0.39 is 0 Å². The van der Waals surface area contributed by atoms with Crippen LogP contribution in [0.2, 0.25) is 0 Å². The summed E-state index contributed by atoms with van der Waals surface area (Å²) in [5.41, 5.74) is 3.34. The summed E-state index contributed by atoms with van der Waals surface area (Å²) >= 11 is 0. The molecule has 1 aliphatic heterocycles. The van der Waals surface area contributed by atoms with Crippen molar-refractivity contribution in [1.82, 2.24) is 25.0 Å². The second-order valence-electron chi connectivity index (χ2n) is 6.24. The Morgan fingerprint density at radius 3 is 2.91 bits per heavy atom. The zero-order valence-corrected chi connectivity index (χ0v) is 13.9. The van der Waals surface area contributed by atoms with Crippen LogP contribution in [-0.2, 0) is 18.4 Å². The Bertz CT molecular complexity index is 696. The molecule has 3 heterocycles. The minimum atomic E-state index is 0.0960. The summed E-state index contributed by atoms with van der Waals surface area (Å²) in [6.45, 7) is 3.58. The van der Waals surface area contributed by atoms with E-state index in [9.17, 15) is 4.79 Å². The molecular weight excluding hydrogens is 290 g/mol. The lowest BCUT2D eigenvalue weighted by molar-refractivity contribution is -0.127. The van der Waals surface area contributed by atoms with Crippen molar-refractivity contribution in [2.45, 2.75) is 25.9 Å². The van der Waals surface area contributed by atoms with Crippen LogP contribution in [0.5, 0.6) is 0 Å². The minimum absolute atomic E-state index is 0.0960. The highest BCUT2D eigenvalue weighted by molar-refractivity contribution is 5.79. The van der Waals surface area contributed by atoms with Gasteiger partial charge in [0, 0.05) is 63.2 Å². The maximum absolute atomic E-state index is 12.1. The Labute approximate surface area is 136 Å². The van der Waals surface area contributed by atoms with Gasteiger partial charge >= 0.3 is 0 Å². The zero-order chi connectivity index (χ0) is 16.4. The van der Waals surface area contributed by atoms with Crippen molar-refractivity contribution in [3.05, 3.63) is 47.5 Å². The van der Waals surface area contributed by atoms with Crippen molar-refractivity contribution in [3.63, 3.8) is 0 Å². The Balaban J connectivity index is 1.66. The molecule has 2 atom stereocenters. The normalized spacial score (nSPS) is 21.2. The Morgan fingerprint density at radius 1 is 1.39 bits per heavy atom. The van der Waals surface area contributed by atoms with Crippen LogP contribution >= 0.6 is 0 Å². The number of aromatic nitrogens is 3. The smallest absolute Gasteiger partial charge is 0.223 e. The number of nitrogens with zero attached hydrogens (tertiary/aromatic N) is 4. The molecule has 1 saturated heterocycles. The van der Waals surface area contributed by atoms with Gasteiger partial charge in [0.05, 0.1) is 12.2 Å². The van der Waals surface area contributed by atoms with E-state index in [1.165, 1.54) is 5.56 Å². The van der Waals surface area contributed by atoms with Gasteiger partial charge in [-0.15, -0.1) is 0 Å². The van der Waals surface area contributed by atoms with Crippen LogP contribution in [0, 0.1) is 12.8 Å². The summed E-state index contributed by atoms with van der Waals surface area (Å²) in [6.07, 6.45) is 6.24. The van der Waals surface area contributed by atoms with E-state index in [1.807, 2.05) is 50.6 Å². The molecule has 6 heteroatoms. The van der Waals surface area contributed by atoms with Gasteiger partial charge in [-0.05, 0) is 18.6 Å². The molecule has 0 unspecified atom stereocenters. The number of amides is 1. The van der Waals surface area contributed by atoms with Crippen molar-refractivity contribution in [2.24, 2.45) is 13.0 Å². The van der Waals surface area contributed by atoms with Gasteiger partial charge in [0.25, 0.3) is 0 Å². The lowest BCUT2D eigenvalue weighted by atomic mass is 9.95. The van der Waals surface area contributed by atoms with E-state index in [2.05, 4.69) is 21.5 Å². The minimum Gasteiger partial charge on any atom is -0.338 e. The second kappa shape index (κ2) is 6.50. The Morgan fingerprint density at radius 2 is 2.22 bits per heavy atom. The third-order valence-corrected chi connectivity index (χ3v) is 4.60. The van der Waals surface area contributed by atoms with E-state index in [0.717, 1.165) is 24.3 Å². The predicted molar refractivity (Wildman–Crippen MR) is 87.5 cm³/mol. The first-order valence-corrected chi connectivity index (χ1v) is 7.91. The highest BCUT2D eigenvalue weighted by atomic mass is 16.2. The fourth-order valence-corrected chi connectivity index (χ4v) is 3.32. The summed E-state index contributed by atoms with van der Waals surface area (Å²) in [7, 11) is 3.78. The van der Waals surface area contributed by atoms with Crippen LogP contribution in [0.3, 0.4) is 0 Å². The molecule has 2 aromatic heterocycles. The van der Waals surface area contributed by atoms with Gasteiger partial charge < -0.3 is 10.2 Å². The van der Waals surface area contributed by atoms with Crippen molar-refractivity contribution in [3.8, 4) is 0 Å². The number of hydrogen-bond donors (Lipinski definition) is 1. The average Bonchev–Trinajstić information content (AvgIpc) is 3.06. The zero-order valence-electron chi connectivity index (χ0n) is 13.9. The maximum Gasteiger partial charge on any atom is 0.223 e. The van der Waals surface area contributed by atoms with E-state index in [1.54, 1.807) is 4.68 Å². The number of carbonyl (C=O) groups is 1. The van der Waals surface area contributed by atoms with Crippen molar-refractivity contribution in [2.75, 3.05) is 13.6 Å². The number of hydrogen-bond acceptors (Lipinski definition) is 4. The van der Waals surface area contributed by atoms with Gasteiger partial charge in [-0.1, -0.05) is 6.07 Å². The Kier molecular flexibility index (Phi) is 4.43. The molecule has 0 saturated carbocycles. The molecule has 0 radical (unpaired) electrons. The van der Waals surface area contributed by atoms with Crippen LogP contribution in [0.4, 0.5) is 0 Å².